The molecule has 0 aliphatic heterocycles. The molecule has 0 aliphatic rings. The molecule has 0 saturated carbocycles. The number of nitro benzene ring substituents is 1. The highest BCUT2D eigenvalue weighted by Gasteiger charge is 2.21. The van der Waals surface area contributed by atoms with E-state index in [0.29, 0.717) is 5.56 Å². The molecule has 2 aromatic rings. The van der Waals surface area contributed by atoms with Crippen LogP contribution in [0.3, 0.4) is 0 Å². The lowest BCUT2D eigenvalue weighted by molar-refractivity contribution is -0.385. The van der Waals surface area contributed by atoms with E-state index in [1.165, 1.54) is 25.1 Å². The number of rotatable bonds is 4. The van der Waals surface area contributed by atoms with Crippen LogP contribution in [0.15, 0.2) is 30.3 Å². The molecule has 0 radical (unpaired) electrons. The van der Waals surface area contributed by atoms with Gasteiger partial charge in [-0.25, -0.2) is 8.78 Å². The molecule has 7 heteroatoms. The van der Waals surface area contributed by atoms with Crippen LogP contribution in [0, 0.1) is 28.7 Å². The molecule has 110 valence electrons. The van der Waals surface area contributed by atoms with E-state index >= 15 is 0 Å². The van der Waals surface area contributed by atoms with Crippen molar-refractivity contribution in [3.05, 3.63) is 63.2 Å². The van der Waals surface area contributed by atoms with Crippen LogP contribution in [-0.4, -0.2) is 10.0 Å². The van der Waals surface area contributed by atoms with Crippen molar-refractivity contribution in [2.45, 2.75) is 13.5 Å². The second kappa shape index (κ2) is 5.84. The maximum absolute atomic E-state index is 13.8. The lowest BCUT2D eigenvalue weighted by Gasteiger charge is -2.11. The third-order valence-corrected chi connectivity index (χ3v) is 2.83. The summed E-state index contributed by atoms with van der Waals surface area (Å²) in [6, 6.07) is 5.97. The molecule has 0 bridgehead atoms. The third-order valence-electron chi connectivity index (χ3n) is 2.83. The highest BCUT2D eigenvalue weighted by molar-refractivity contribution is 5.53. The Hall–Kier alpha value is -2.54. The fourth-order valence-electron chi connectivity index (χ4n) is 1.82. The van der Waals surface area contributed by atoms with E-state index in [4.69, 9.17) is 9.84 Å². The summed E-state index contributed by atoms with van der Waals surface area (Å²) < 4.78 is 32.7. The Morgan fingerprint density at radius 1 is 1.24 bits per heavy atom. The number of aliphatic hydroxyl groups is 1. The van der Waals surface area contributed by atoms with Crippen molar-refractivity contribution >= 4 is 5.69 Å². The summed E-state index contributed by atoms with van der Waals surface area (Å²) in [5.41, 5.74) is 0.0194. The summed E-state index contributed by atoms with van der Waals surface area (Å²) in [6.45, 7) is 0.999. The molecule has 0 fully saturated rings. The zero-order chi connectivity index (χ0) is 15.6. The summed E-state index contributed by atoms with van der Waals surface area (Å²) in [4.78, 5) is 10.2. The third kappa shape index (κ3) is 2.97. The van der Waals surface area contributed by atoms with Gasteiger partial charge in [0.1, 0.15) is 0 Å². The van der Waals surface area contributed by atoms with Gasteiger partial charge in [0.2, 0.25) is 5.75 Å². The fourth-order valence-corrected chi connectivity index (χ4v) is 1.82. The Kier molecular flexibility index (Phi) is 4.13. The van der Waals surface area contributed by atoms with Gasteiger partial charge >= 0.3 is 5.69 Å². The molecule has 0 unspecified atom stereocenters. The topological polar surface area (TPSA) is 72.6 Å². The van der Waals surface area contributed by atoms with Gasteiger partial charge in [-0.3, -0.25) is 10.1 Å². The maximum Gasteiger partial charge on any atom is 0.311 e. The van der Waals surface area contributed by atoms with E-state index in [1.807, 2.05) is 0 Å². The Morgan fingerprint density at radius 3 is 2.38 bits per heavy atom. The number of para-hydroxylation sites is 1. The van der Waals surface area contributed by atoms with E-state index in [9.17, 15) is 18.9 Å². The largest absolute Gasteiger partial charge is 0.444 e. The van der Waals surface area contributed by atoms with Gasteiger partial charge in [0.15, 0.2) is 17.4 Å². The summed E-state index contributed by atoms with van der Waals surface area (Å²) in [5, 5.41) is 19.8. The van der Waals surface area contributed by atoms with Gasteiger partial charge in [0.05, 0.1) is 11.5 Å². The Morgan fingerprint density at radius 2 is 1.86 bits per heavy atom. The molecule has 21 heavy (non-hydrogen) atoms. The number of ether oxygens (including phenoxy) is 1. The maximum atomic E-state index is 13.8. The summed E-state index contributed by atoms with van der Waals surface area (Å²) in [6.07, 6.45) is 0. The van der Waals surface area contributed by atoms with Gasteiger partial charge in [0, 0.05) is 6.07 Å². The van der Waals surface area contributed by atoms with Crippen molar-refractivity contribution in [3.8, 4) is 11.5 Å². The second-order valence-electron chi connectivity index (χ2n) is 4.33. The second-order valence-corrected chi connectivity index (χ2v) is 4.33. The van der Waals surface area contributed by atoms with Crippen molar-refractivity contribution in [3.63, 3.8) is 0 Å². The van der Waals surface area contributed by atoms with Crippen LogP contribution in [0.5, 0.6) is 11.5 Å². The first-order valence-corrected chi connectivity index (χ1v) is 5.94. The van der Waals surface area contributed by atoms with E-state index < -0.39 is 28.9 Å². The lowest BCUT2D eigenvalue weighted by Crippen LogP contribution is -2.00. The van der Waals surface area contributed by atoms with Crippen LogP contribution in [-0.2, 0) is 6.61 Å². The highest BCUT2D eigenvalue weighted by Crippen LogP contribution is 2.36. The number of benzene rings is 2. The molecular weight excluding hydrogens is 284 g/mol. The minimum Gasteiger partial charge on any atom is -0.444 e. The van der Waals surface area contributed by atoms with Crippen LogP contribution in [0.25, 0.3) is 0 Å². The Bertz CT molecular complexity index is 680. The normalized spacial score (nSPS) is 10.5. The predicted octanol–water partition coefficient (Wildman–Crippen LogP) is 3.47. The fraction of sp³-hybridized carbons (Fsp3) is 0.143. The van der Waals surface area contributed by atoms with Gasteiger partial charge in [0.25, 0.3) is 0 Å². The zero-order valence-corrected chi connectivity index (χ0v) is 11.0. The standard InChI is InChI=1S/C14H11F2NO4/c1-8-3-2-4-12(17(19)20)13(8)21-14-10(15)5-9(7-18)6-11(14)16/h2-6,18H,7H2,1H3. The van der Waals surface area contributed by atoms with Crippen molar-refractivity contribution < 1.29 is 23.5 Å². The van der Waals surface area contributed by atoms with Crippen LogP contribution >= 0.6 is 0 Å². The number of hydrogen-bond donors (Lipinski definition) is 1. The van der Waals surface area contributed by atoms with Gasteiger partial charge in [-0.2, -0.15) is 0 Å². The SMILES string of the molecule is Cc1cccc([N+](=O)[O-])c1Oc1c(F)cc(CO)cc1F. The number of hydrogen-bond acceptors (Lipinski definition) is 4. The number of aryl methyl sites for hydroxylation is 1. The average molecular weight is 295 g/mol. The molecule has 0 heterocycles. The molecule has 0 aromatic heterocycles. The zero-order valence-electron chi connectivity index (χ0n) is 11.0. The Balaban J connectivity index is 2.51. The van der Waals surface area contributed by atoms with Crippen molar-refractivity contribution in [2.24, 2.45) is 0 Å². The van der Waals surface area contributed by atoms with E-state index in [2.05, 4.69) is 0 Å². The first-order valence-electron chi connectivity index (χ1n) is 5.94. The molecule has 0 amide bonds. The molecule has 0 aliphatic carbocycles. The van der Waals surface area contributed by atoms with Crippen LogP contribution in [0.1, 0.15) is 11.1 Å². The van der Waals surface area contributed by atoms with Gasteiger partial charge < -0.3 is 9.84 Å². The van der Waals surface area contributed by atoms with Gasteiger partial charge in [-0.05, 0) is 30.2 Å². The molecule has 5 nitrogen and oxygen atoms in total. The van der Waals surface area contributed by atoms with Gasteiger partial charge in [-0.1, -0.05) is 12.1 Å². The Labute approximate surface area is 118 Å². The summed E-state index contributed by atoms with van der Waals surface area (Å²) in [7, 11) is 0. The number of nitrogens with zero attached hydrogens (tertiary/aromatic N) is 1. The van der Waals surface area contributed by atoms with Crippen molar-refractivity contribution in [1.29, 1.82) is 0 Å². The number of halogens is 2. The quantitative estimate of drug-likeness (QED) is 0.692. The van der Waals surface area contributed by atoms with E-state index in [1.54, 1.807) is 0 Å². The van der Waals surface area contributed by atoms with Crippen molar-refractivity contribution in [1.82, 2.24) is 0 Å². The number of aliphatic hydroxyl groups excluding tert-OH is 1. The van der Waals surface area contributed by atoms with Crippen LogP contribution in [0.4, 0.5) is 14.5 Å². The molecule has 0 saturated heterocycles. The lowest BCUT2D eigenvalue weighted by atomic mass is 10.2. The molecule has 2 rings (SSSR count). The van der Waals surface area contributed by atoms with E-state index in [0.717, 1.165) is 12.1 Å². The average Bonchev–Trinajstić information content (AvgIpc) is 2.43. The van der Waals surface area contributed by atoms with Crippen LogP contribution < -0.4 is 4.74 Å². The molecule has 2 aromatic carbocycles. The minimum atomic E-state index is -1.04. The van der Waals surface area contributed by atoms with E-state index in [-0.39, 0.29) is 17.0 Å². The minimum absolute atomic E-state index is 0.0385. The predicted molar refractivity (Wildman–Crippen MR) is 70.2 cm³/mol. The van der Waals surface area contributed by atoms with Crippen LogP contribution in [0.2, 0.25) is 0 Å². The summed E-state index contributed by atoms with van der Waals surface area (Å²) >= 11 is 0. The monoisotopic (exact) mass is 295 g/mol. The number of nitro groups is 1. The summed E-state index contributed by atoms with van der Waals surface area (Å²) in [5.74, 6) is -3.06. The molecule has 1 N–H and O–H groups in total. The molecule has 0 atom stereocenters. The smallest absolute Gasteiger partial charge is 0.311 e. The first-order chi connectivity index (χ1) is 9.93. The highest BCUT2D eigenvalue weighted by atomic mass is 19.1. The molecule has 0 spiro atoms. The first kappa shape index (κ1) is 14.9. The van der Waals surface area contributed by atoms with Crippen molar-refractivity contribution in [2.75, 3.05) is 0 Å². The molecular formula is C14H11F2NO4. The van der Waals surface area contributed by atoms with Gasteiger partial charge in [-0.15, -0.1) is 0 Å².